The molecule has 0 unspecified atom stereocenters. The molecule has 138 valence electrons. The van der Waals surface area contributed by atoms with Crippen LogP contribution in [0.2, 0.25) is 5.04 Å². The van der Waals surface area contributed by atoms with Crippen molar-refractivity contribution in [1.82, 2.24) is 0 Å². The Hall–Kier alpha value is -1.71. The molecule has 2 aromatic carbocycles. The Bertz CT molecular complexity index is 673. The molecule has 0 radical (unpaired) electrons. The van der Waals surface area contributed by atoms with E-state index in [1.54, 1.807) is 0 Å². The lowest BCUT2D eigenvalue weighted by atomic mass is 9.86. The van der Waals surface area contributed by atoms with E-state index in [0.717, 1.165) is 32.0 Å². The summed E-state index contributed by atoms with van der Waals surface area (Å²) in [4.78, 5) is 12.2. The average molecular weight is 367 g/mol. The molecule has 3 rings (SSSR count). The minimum absolute atomic E-state index is 0.0941. The molecule has 26 heavy (non-hydrogen) atoms. The molecule has 0 heterocycles. The number of carbonyl (C=O) groups excluding carboxylic acids is 1. The molecule has 3 heteroatoms. The first-order chi connectivity index (χ1) is 12.4. The topological polar surface area (TPSA) is 26.3 Å². The second kappa shape index (κ2) is 7.49. The molecule has 2 aromatic rings. The number of aldehydes is 1. The van der Waals surface area contributed by atoms with E-state index in [1.807, 2.05) is 12.1 Å². The van der Waals surface area contributed by atoms with Gasteiger partial charge < -0.3 is 9.22 Å². The first kappa shape index (κ1) is 19.1. The van der Waals surface area contributed by atoms with Gasteiger partial charge in [-0.05, 0) is 28.3 Å². The van der Waals surface area contributed by atoms with Gasteiger partial charge in [-0.15, -0.1) is 0 Å². The highest BCUT2D eigenvalue weighted by Gasteiger charge is 2.54. The summed E-state index contributed by atoms with van der Waals surface area (Å²) in [6, 6.07) is 21.2. The molecule has 0 aliphatic heterocycles. The average Bonchev–Trinajstić information content (AvgIpc) is 2.67. The van der Waals surface area contributed by atoms with Crippen LogP contribution >= 0.6 is 0 Å². The Kier molecular flexibility index (Phi) is 5.49. The van der Waals surface area contributed by atoms with Crippen LogP contribution in [0.3, 0.4) is 0 Å². The summed E-state index contributed by atoms with van der Waals surface area (Å²) in [6.07, 6.45) is 6.10. The molecule has 0 atom stereocenters. The van der Waals surface area contributed by atoms with E-state index in [0.29, 0.717) is 0 Å². The number of benzene rings is 2. The maximum atomic E-state index is 12.2. The summed E-state index contributed by atoms with van der Waals surface area (Å²) in [6.45, 7) is 6.79. The number of carbonyl (C=O) groups is 1. The molecule has 0 aromatic heterocycles. The van der Waals surface area contributed by atoms with Crippen molar-refractivity contribution in [3.8, 4) is 0 Å². The van der Waals surface area contributed by atoms with Gasteiger partial charge in [-0.2, -0.15) is 0 Å². The van der Waals surface area contributed by atoms with Gasteiger partial charge >= 0.3 is 0 Å². The highest BCUT2D eigenvalue weighted by Crippen LogP contribution is 2.42. The largest absolute Gasteiger partial charge is 0.395 e. The van der Waals surface area contributed by atoms with Crippen molar-refractivity contribution in [1.29, 1.82) is 0 Å². The Morgan fingerprint density at radius 1 is 0.846 bits per heavy atom. The zero-order valence-electron chi connectivity index (χ0n) is 16.2. The number of hydrogen-bond acceptors (Lipinski definition) is 2. The standard InChI is InChI=1S/C23H30O2Si/c1-22(2,3)26(20-13-7-4-8-14-20,21-15-9-5-10-16-21)25-23(19-24)17-11-6-12-18-23/h4-5,7-10,13-16,19H,6,11-12,17-18H2,1-3H3. The molecule has 1 aliphatic rings. The van der Waals surface area contributed by atoms with E-state index in [-0.39, 0.29) is 5.04 Å². The van der Waals surface area contributed by atoms with E-state index in [9.17, 15) is 4.79 Å². The van der Waals surface area contributed by atoms with Crippen LogP contribution in [-0.4, -0.2) is 20.2 Å². The molecule has 0 spiro atoms. The minimum Gasteiger partial charge on any atom is -0.395 e. The Labute approximate surface area is 158 Å². The molecule has 0 amide bonds. The summed E-state index contributed by atoms with van der Waals surface area (Å²) >= 11 is 0. The number of rotatable bonds is 5. The smallest absolute Gasteiger partial charge is 0.262 e. The summed E-state index contributed by atoms with van der Waals surface area (Å²) < 4.78 is 7.12. The molecule has 2 nitrogen and oxygen atoms in total. The number of hydrogen-bond donors (Lipinski definition) is 0. The zero-order chi connectivity index (χ0) is 18.7. The summed E-state index contributed by atoms with van der Waals surface area (Å²) in [5, 5.41) is 2.39. The van der Waals surface area contributed by atoms with Crippen molar-refractivity contribution >= 4 is 25.0 Å². The monoisotopic (exact) mass is 366 g/mol. The van der Waals surface area contributed by atoms with Crippen LogP contribution in [0.25, 0.3) is 0 Å². The fourth-order valence-corrected chi connectivity index (χ4v) is 9.14. The fraction of sp³-hybridized carbons (Fsp3) is 0.435. The van der Waals surface area contributed by atoms with Crippen LogP contribution in [0.4, 0.5) is 0 Å². The lowest BCUT2D eigenvalue weighted by Gasteiger charge is -2.49. The van der Waals surface area contributed by atoms with Crippen molar-refractivity contribution in [3.63, 3.8) is 0 Å². The first-order valence-electron chi connectivity index (χ1n) is 9.71. The molecule has 1 aliphatic carbocycles. The maximum Gasteiger partial charge on any atom is 0.262 e. The van der Waals surface area contributed by atoms with Gasteiger partial charge in [0, 0.05) is 0 Å². The highest BCUT2D eigenvalue weighted by atomic mass is 28.4. The van der Waals surface area contributed by atoms with Crippen molar-refractivity contribution in [2.24, 2.45) is 0 Å². The zero-order valence-corrected chi connectivity index (χ0v) is 17.2. The SMILES string of the molecule is CC(C)(C)[Si](OC1(C=O)CCCCC1)(c1ccccc1)c1ccccc1. The summed E-state index contributed by atoms with van der Waals surface area (Å²) in [5.74, 6) is 0. The lowest BCUT2D eigenvalue weighted by Crippen LogP contribution is -2.70. The van der Waals surface area contributed by atoms with E-state index in [2.05, 4.69) is 69.3 Å². The van der Waals surface area contributed by atoms with E-state index >= 15 is 0 Å². The minimum atomic E-state index is -2.66. The molecule has 0 saturated heterocycles. The van der Waals surface area contributed by atoms with Gasteiger partial charge in [0.2, 0.25) is 0 Å². The van der Waals surface area contributed by atoms with Crippen molar-refractivity contribution in [2.75, 3.05) is 0 Å². The van der Waals surface area contributed by atoms with Gasteiger partial charge in [-0.25, -0.2) is 0 Å². The molecule has 0 N–H and O–H groups in total. The van der Waals surface area contributed by atoms with Gasteiger partial charge in [0.15, 0.2) is 6.29 Å². The van der Waals surface area contributed by atoms with Gasteiger partial charge in [0.1, 0.15) is 5.60 Å². The first-order valence-corrected chi connectivity index (χ1v) is 11.6. The Morgan fingerprint density at radius 2 is 1.31 bits per heavy atom. The maximum absolute atomic E-state index is 12.2. The third kappa shape index (κ3) is 3.43. The fourth-order valence-electron chi connectivity index (χ4n) is 4.35. The molecule has 1 saturated carbocycles. The van der Waals surface area contributed by atoms with Crippen molar-refractivity contribution in [2.45, 2.75) is 63.5 Å². The predicted octanol–water partition coefficient (Wildman–Crippen LogP) is 4.46. The van der Waals surface area contributed by atoms with Crippen LogP contribution in [0.5, 0.6) is 0 Å². The third-order valence-electron chi connectivity index (χ3n) is 5.69. The molecular formula is C23H30O2Si. The summed E-state index contributed by atoms with van der Waals surface area (Å²) in [5.41, 5.74) is -0.649. The normalized spacial score (nSPS) is 17.7. The van der Waals surface area contributed by atoms with Crippen LogP contribution in [0, 0.1) is 0 Å². The quantitative estimate of drug-likeness (QED) is 0.577. The van der Waals surface area contributed by atoms with Crippen molar-refractivity contribution in [3.05, 3.63) is 60.7 Å². The van der Waals surface area contributed by atoms with Crippen LogP contribution in [0.1, 0.15) is 52.9 Å². The van der Waals surface area contributed by atoms with E-state index < -0.39 is 13.9 Å². The second-order valence-electron chi connectivity index (χ2n) is 8.51. The molecule has 1 fully saturated rings. The Balaban J connectivity index is 2.22. The highest BCUT2D eigenvalue weighted by molar-refractivity contribution is 6.99. The van der Waals surface area contributed by atoms with Gasteiger partial charge in [0.05, 0.1) is 0 Å². The Morgan fingerprint density at radius 3 is 1.69 bits per heavy atom. The van der Waals surface area contributed by atoms with Crippen LogP contribution in [-0.2, 0) is 9.22 Å². The van der Waals surface area contributed by atoms with Crippen LogP contribution < -0.4 is 10.4 Å². The third-order valence-corrected chi connectivity index (χ3v) is 10.8. The predicted molar refractivity (Wildman–Crippen MR) is 111 cm³/mol. The summed E-state index contributed by atoms with van der Waals surface area (Å²) in [7, 11) is -2.66. The van der Waals surface area contributed by atoms with Crippen LogP contribution in [0.15, 0.2) is 60.7 Å². The van der Waals surface area contributed by atoms with Gasteiger partial charge in [0.25, 0.3) is 8.32 Å². The van der Waals surface area contributed by atoms with Gasteiger partial charge in [-0.3, -0.25) is 0 Å². The van der Waals surface area contributed by atoms with Crippen molar-refractivity contribution < 1.29 is 9.22 Å². The lowest BCUT2D eigenvalue weighted by molar-refractivity contribution is -0.124. The van der Waals surface area contributed by atoms with E-state index in [4.69, 9.17) is 4.43 Å². The molecular weight excluding hydrogens is 336 g/mol. The second-order valence-corrected chi connectivity index (χ2v) is 12.7. The van der Waals surface area contributed by atoms with Gasteiger partial charge in [-0.1, -0.05) is 101 Å². The van der Waals surface area contributed by atoms with E-state index in [1.165, 1.54) is 16.8 Å². The molecule has 0 bridgehead atoms.